The molecule has 0 rings (SSSR count). The molecule has 0 aliphatic heterocycles. The van der Waals surface area contributed by atoms with Crippen LogP contribution in [0.3, 0.4) is 0 Å². The van der Waals surface area contributed by atoms with E-state index in [0.29, 0.717) is 0 Å². The summed E-state index contributed by atoms with van der Waals surface area (Å²) in [7, 11) is -9.20. The maximum Gasteiger partial charge on any atom is 0.616 e. The maximum atomic E-state index is 11.9. The lowest BCUT2D eigenvalue weighted by atomic mass is 10.5. The molecule has 0 atom stereocenters. The molecule has 0 spiro atoms. The van der Waals surface area contributed by atoms with Gasteiger partial charge in [-0.25, -0.2) is 16.9 Å². The largest absolute Gasteiger partial charge is 0.616 e. The van der Waals surface area contributed by atoms with Crippen LogP contribution in [0.5, 0.6) is 0 Å². The fraction of sp³-hybridized carbons (Fsp3) is 1.00. The van der Waals surface area contributed by atoms with E-state index >= 15 is 0 Å². The van der Waals surface area contributed by atoms with Gasteiger partial charge < -0.3 is 0 Å². The molecule has 0 amide bonds. The van der Waals surface area contributed by atoms with E-state index in [1.807, 2.05) is 0 Å². The zero-order valence-electron chi connectivity index (χ0n) is 9.25. The summed E-state index contributed by atoms with van der Waals surface area (Å²) in [6.45, 7) is 3.15. The van der Waals surface area contributed by atoms with Gasteiger partial charge in [-0.15, -0.1) is 0 Å². The van der Waals surface area contributed by atoms with Gasteiger partial charge in [0.05, 0.1) is 19.8 Å². The third-order valence-corrected chi connectivity index (χ3v) is 4.00. The Morgan fingerprint density at radius 2 is 1.56 bits per heavy atom. The maximum absolute atomic E-state index is 11.9. The van der Waals surface area contributed by atoms with Crippen LogP contribution in [0.4, 0.5) is 12.3 Å². The van der Waals surface area contributed by atoms with Crippen molar-refractivity contribution in [3.63, 3.8) is 0 Å². The van der Waals surface area contributed by atoms with Gasteiger partial charge in [0.1, 0.15) is 0 Å². The molecule has 0 aromatic heterocycles. The van der Waals surface area contributed by atoms with Crippen LogP contribution in [0.25, 0.3) is 0 Å². The van der Waals surface area contributed by atoms with Gasteiger partial charge in [-0.1, -0.05) is 0 Å². The predicted molar refractivity (Wildman–Crippen MR) is 55.3 cm³/mol. The van der Waals surface area contributed by atoms with Gasteiger partial charge >= 0.3 is 16.9 Å². The van der Waals surface area contributed by atoms with Crippen molar-refractivity contribution in [3.05, 3.63) is 0 Å². The van der Waals surface area contributed by atoms with E-state index in [0.717, 1.165) is 0 Å². The monoisotopic (exact) mass is 280 g/mol. The van der Waals surface area contributed by atoms with Crippen molar-refractivity contribution in [3.8, 4) is 0 Å². The number of rotatable bonds is 9. The lowest BCUT2D eigenvalue weighted by Gasteiger charge is -2.16. The molecule has 0 aromatic rings. The molecular weight excluding hydrogens is 264 g/mol. The van der Waals surface area contributed by atoms with E-state index in [9.17, 15) is 16.9 Å². The quantitative estimate of drug-likeness (QED) is 0.281. The summed E-state index contributed by atoms with van der Waals surface area (Å²) in [6.07, 6.45) is -0.208. The van der Waals surface area contributed by atoms with E-state index in [1.54, 1.807) is 13.8 Å². The molecule has 0 bridgehead atoms. The summed E-state index contributed by atoms with van der Waals surface area (Å²) in [5.41, 5.74) is 0. The molecule has 0 aromatic carbocycles. The van der Waals surface area contributed by atoms with Crippen LogP contribution in [0.15, 0.2) is 0 Å². The van der Waals surface area contributed by atoms with Crippen LogP contribution in [-0.4, -0.2) is 28.9 Å². The summed E-state index contributed by atoms with van der Waals surface area (Å²) >= 11 is 0. The van der Waals surface area contributed by atoms with Crippen molar-refractivity contribution < 1.29 is 30.5 Å². The highest BCUT2D eigenvalue weighted by atomic mass is 31.2. The van der Waals surface area contributed by atoms with E-state index in [1.165, 1.54) is 0 Å². The fourth-order valence-corrected chi connectivity index (χ4v) is 2.63. The first-order chi connectivity index (χ1) is 7.33. The zero-order chi connectivity index (χ0) is 12.7. The van der Waals surface area contributed by atoms with Gasteiger partial charge in [0.2, 0.25) is 0 Å². The average molecular weight is 280 g/mol. The van der Waals surface area contributed by atoms with Crippen LogP contribution in [0.2, 0.25) is 6.04 Å². The molecule has 0 unspecified atom stereocenters. The Balaban J connectivity index is 3.90. The van der Waals surface area contributed by atoms with Gasteiger partial charge in [-0.2, -0.15) is 0 Å². The third-order valence-electron chi connectivity index (χ3n) is 1.43. The lowest BCUT2D eigenvalue weighted by molar-refractivity contribution is 0.121. The van der Waals surface area contributed by atoms with Crippen molar-refractivity contribution in [2.45, 2.75) is 26.3 Å². The van der Waals surface area contributed by atoms with E-state index in [4.69, 9.17) is 13.6 Å². The van der Waals surface area contributed by atoms with Crippen LogP contribution < -0.4 is 0 Å². The van der Waals surface area contributed by atoms with Crippen molar-refractivity contribution >= 4 is 16.9 Å². The van der Waals surface area contributed by atoms with Gasteiger partial charge in [0.25, 0.3) is 0 Å². The first-order valence-electron chi connectivity index (χ1n) is 4.93. The number of phosphoric acid groups is 1. The Kier molecular flexibility index (Phi) is 7.50. The molecule has 98 valence electrons. The molecule has 0 N–H and O–H groups in total. The summed E-state index contributed by atoms with van der Waals surface area (Å²) in [5, 5.41) is 0. The van der Waals surface area contributed by atoms with Crippen molar-refractivity contribution in [2.24, 2.45) is 0 Å². The van der Waals surface area contributed by atoms with E-state index in [-0.39, 0.29) is 26.2 Å². The summed E-state index contributed by atoms with van der Waals surface area (Å²) in [6, 6.07) is -0.842. The molecule has 9 heteroatoms. The van der Waals surface area contributed by atoms with Crippen LogP contribution >= 0.6 is 7.82 Å². The minimum absolute atomic E-state index is 0.116. The smallest absolute Gasteiger partial charge is 0.287 e. The first-order valence-corrected chi connectivity index (χ1v) is 8.23. The zero-order valence-corrected chi connectivity index (χ0v) is 11.1. The highest BCUT2D eigenvalue weighted by molar-refractivity contribution is 7.48. The molecule has 0 heterocycles. The van der Waals surface area contributed by atoms with Crippen LogP contribution in [0, 0.1) is 0 Å². The van der Waals surface area contributed by atoms with Crippen LogP contribution in [-0.2, 0) is 18.1 Å². The molecule has 0 saturated carbocycles. The topological polar surface area (TPSA) is 44.8 Å². The normalized spacial score (nSPS) is 13.1. The summed E-state index contributed by atoms with van der Waals surface area (Å²) in [4.78, 5) is 0. The summed E-state index contributed by atoms with van der Waals surface area (Å²) in [5.74, 6) is 0. The number of phosphoric ester groups is 1. The van der Waals surface area contributed by atoms with Gasteiger partial charge in [0.15, 0.2) is 0 Å². The number of hydrogen-bond acceptors (Lipinski definition) is 4. The highest BCUT2D eigenvalue weighted by Gasteiger charge is 2.36. The minimum atomic E-state index is -5.54. The average Bonchev–Trinajstić information content (AvgIpc) is 2.12. The lowest BCUT2D eigenvalue weighted by Crippen LogP contribution is -2.15. The molecule has 0 radical (unpaired) electrons. The Bertz CT molecular complexity index is 226. The second-order valence-corrected chi connectivity index (χ2v) is 6.23. The standard InChI is InChI=1S/C7H16F3O4PSi/c1-3-12-15(11,13-4-2)14-6-5-7-16(8,9)10/h3-7H2,1-2H3. The predicted octanol–water partition coefficient (Wildman–Crippen LogP) is 3.42. The minimum Gasteiger partial charge on any atom is -0.287 e. The number of hydrogen-bond donors (Lipinski definition) is 0. The fourth-order valence-electron chi connectivity index (χ4n) is 0.877. The second-order valence-electron chi connectivity index (χ2n) is 2.83. The molecule has 16 heavy (non-hydrogen) atoms. The van der Waals surface area contributed by atoms with Crippen LogP contribution in [0.1, 0.15) is 20.3 Å². The third kappa shape index (κ3) is 8.29. The molecular formula is C7H16F3O4PSi. The molecule has 4 nitrogen and oxygen atoms in total. The van der Waals surface area contributed by atoms with Crippen molar-refractivity contribution in [2.75, 3.05) is 19.8 Å². The number of halogens is 3. The van der Waals surface area contributed by atoms with Gasteiger partial charge in [0, 0.05) is 6.04 Å². The van der Waals surface area contributed by atoms with E-state index in [2.05, 4.69) is 0 Å². The second kappa shape index (κ2) is 7.44. The molecule has 0 fully saturated rings. The Labute approximate surface area is 94.2 Å². The SMILES string of the molecule is CCOP(=O)(OCC)OCCC[Si](F)(F)F. The van der Waals surface area contributed by atoms with Crippen molar-refractivity contribution in [1.29, 1.82) is 0 Å². The Morgan fingerprint density at radius 1 is 1.06 bits per heavy atom. The van der Waals surface area contributed by atoms with Gasteiger partial charge in [-0.3, -0.25) is 13.6 Å². The van der Waals surface area contributed by atoms with Crippen molar-refractivity contribution in [1.82, 2.24) is 0 Å². The van der Waals surface area contributed by atoms with Gasteiger partial charge in [-0.05, 0) is 20.3 Å². The molecule has 0 saturated heterocycles. The first kappa shape index (κ1) is 16.1. The highest BCUT2D eigenvalue weighted by Crippen LogP contribution is 2.49. The summed E-state index contributed by atoms with van der Waals surface area (Å²) < 4.78 is 61.6. The Hall–Kier alpha value is 0.117. The molecule has 0 aliphatic carbocycles. The Morgan fingerprint density at radius 3 is 1.94 bits per heavy atom. The molecule has 0 aliphatic rings. The van der Waals surface area contributed by atoms with E-state index < -0.39 is 22.9 Å².